The van der Waals surface area contributed by atoms with E-state index in [2.05, 4.69) is 4.18 Å². The minimum atomic E-state index is -4.48. The van der Waals surface area contributed by atoms with Gasteiger partial charge in [-0.05, 0) is 12.1 Å². The molecule has 1 atom stereocenters. The summed E-state index contributed by atoms with van der Waals surface area (Å²) in [4.78, 5) is 24.1. The Kier molecular flexibility index (Phi) is 3.77. The van der Waals surface area contributed by atoms with E-state index in [4.69, 9.17) is 0 Å². The number of amides is 3. The molecule has 0 saturated heterocycles. The fourth-order valence-corrected chi connectivity index (χ4v) is 2.97. The number of benzene rings is 1. The summed E-state index contributed by atoms with van der Waals surface area (Å²) in [7, 11) is -2.02. The standard InChI is InChI=1S/C12H12FN2O5S/c1-14-7-10(11(16)15(2)12(14)17)21(18,19)20-9-6-4-3-5-8(9)13/h3-7,10H,1-2H3/q+1. The summed E-state index contributed by atoms with van der Waals surface area (Å²) >= 11 is 0. The number of imide groups is 1. The number of para-hydroxylation sites is 1. The maximum absolute atomic E-state index is 13.4. The van der Waals surface area contributed by atoms with E-state index in [9.17, 15) is 22.4 Å². The van der Waals surface area contributed by atoms with Gasteiger partial charge in [-0.2, -0.15) is 18.1 Å². The summed E-state index contributed by atoms with van der Waals surface area (Å²) in [6.45, 7) is 0. The van der Waals surface area contributed by atoms with Crippen molar-refractivity contribution in [3.05, 3.63) is 30.1 Å². The van der Waals surface area contributed by atoms with Crippen molar-refractivity contribution in [2.75, 3.05) is 14.1 Å². The van der Waals surface area contributed by atoms with Gasteiger partial charge >= 0.3 is 22.1 Å². The summed E-state index contributed by atoms with van der Waals surface area (Å²) in [5.41, 5.74) is 0. The molecule has 1 unspecified atom stereocenters. The van der Waals surface area contributed by atoms with Crippen LogP contribution in [0.15, 0.2) is 24.3 Å². The topological polar surface area (TPSA) is 83.8 Å². The molecule has 112 valence electrons. The van der Waals surface area contributed by atoms with E-state index < -0.39 is 38.9 Å². The van der Waals surface area contributed by atoms with Crippen molar-refractivity contribution in [1.29, 1.82) is 0 Å². The average molecular weight is 315 g/mol. The Balaban J connectivity index is 2.38. The molecule has 0 spiro atoms. The van der Waals surface area contributed by atoms with Crippen molar-refractivity contribution in [3.8, 4) is 5.75 Å². The van der Waals surface area contributed by atoms with Crippen LogP contribution in [0, 0.1) is 5.82 Å². The number of urea groups is 1. The molecule has 1 aromatic rings. The third-order valence-corrected chi connectivity index (χ3v) is 4.23. The zero-order valence-corrected chi connectivity index (χ0v) is 12.0. The van der Waals surface area contributed by atoms with E-state index in [1.807, 2.05) is 0 Å². The summed E-state index contributed by atoms with van der Waals surface area (Å²) in [5.74, 6) is -2.35. The van der Waals surface area contributed by atoms with E-state index in [1.165, 1.54) is 19.2 Å². The average Bonchev–Trinajstić information content (AvgIpc) is 2.42. The molecule has 0 aliphatic carbocycles. The highest BCUT2D eigenvalue weighted by molar-refractivity contribution is 7.89. The van der Waals surface area contributed by atoms with E-state index in [0.29, 0.717) is 4.90 Å². The molecule has 0 N–H and O–H groups in total. The fourth-order valence-electron chi connectivity index (χ4n) is 1.74. The van der Waals surface area contributed by atoms with Crippen molar-refractivity contribution in [3.63, 3.8) is 0 Å². The van der Waals surface area contributed by atoms with Crippen molar-refractivity contribution in [2.24, 2.45) is 0 Å². The van der Waals surface area contributed by atoms with Crippen LogP contribution >= 0.6 is 0 Å². The molecule has 0 radical (unpaired) electrons. The van der Waals surface area contributed by atoms with Crippen molar-refractivity contribution < 1.29 is 31.2 Å². The predicted molar refractivity (Wildman–Crippen MR) is 70.2 cm³/mol. The van der Waals surface area contributed by atoms with Gasteiger partial charge in [0.15, 0.2) is 11.6 Å². The van der Waals surface area contributed by atoms with Crippen LogP contribution in [0.2, 0.25) is 0 Å². The lowest BCUT2D eigenvalue weighted by molar-refractivity contribution is -0.399. The van der Waals surface area contributed by atoms with Gasteiger partial charge in [-0.25, -0.2) is 13.8 Å². The van der Waals surface area contributed by atoms with Gasteiger partial charge in [0.25, 0.3) is 5.25 Å². The van der Waals surface area contributed by atoms with Crippen molar-refractivity contribution in [1.82, 2.24) is 4.90 Å². The third-order valence-electron chi connectivity index (χ3n) is 2.88. The first-order chi connectivity index (χ1) is 9.74. The molecule has 1 heterocycles. The van der Waals surface area contributed by atoms with Crippen LogP contribution in [0.5, 0.6) is 5.75 Å². The largest absolute Gasteiger partial charge is 0.500 e. The van der Waals surface area contributed by atoms with E-state index in [-0.39, 0.29) is 0 Å². The second-order valence-corrected chi connectivity index (χ2v) is 6.03. The summed E-state index contributed by atoms with van der Waals surface area (Å²) < 4.78 is 43.3. The molecule has 2 rings (SSSR count). The Morgan fingerprint density at radius 1 is 1.29 bits per heavy atom. The minimum Gasteiger partial charge on any atom is -0.378 e. The van der Waals surface area contributed by atoms with Gasteiger partial charge in [0.1, 0.15) is 6.21 Å². The lowest BCUT2D eigenvalue weighted by Crippen LogP contribution is -2.54. The Morgan fingerprint density at radius 3 is 2.52 bits per heavy atom. The second-order valence-electron chi connectivity index (χ2n) is 4.37. The Labute approximate surface area is 120 Å². The minimum absolute atomic E-state index is 0.513. The summed E-state index contributed by atoms with van der Waals surface area (Å²) in [6.07, 6.45) is 0.918. The van der Waals surface area contributed by atoms with Gasteiger partial charge < -0.3 is 4.18 Å². The molecule has 9 heteroatoms. The first kappa shape index (κ1) is 15.1. The molecule has 0 bridgehead atoms. The van der Waals surface area contributed by atoms with E-state index in [1.54, 1.807) is 0 Å². The molecular weight excluding hydrogens is 303 g/mol. The van der Waals surface area contributed by atoms with Crippen molar-refractivity contribution in [2.45, 2.75) is 5.25 Å². The maximum atomic E-state index is 13.4. The summed E-state index contributed by atoms with van der Waals surface area (Å²) in [6, 6.07) is 4.24. The van der Waals surface area contributed by atoms with Gasteiger partial charge in [-0.15, -0.1) is 0 Å². The van der Waals surface area contributed by atoms with Crippen LogP contribution in [-0.2, 0) is 14.9 Å². The van der Waals surface area contributed by atoms with Crippen LogP contribution < -0.4 is 4.18 Å². The second kappa shape index (κ2) is 5.24. The van der Waals surface area contributed by atoms with Gasteiger partial charge in [0.2, 0.25) is 0 Å². The fraction of sp³-hybridized carbons (Fsp3) is 0.250. The molecule has 1 aromatic carbocycles. The number of nitrogens with zero attached hydrogens (tertiary/aromatic N) is 2. The first-order valence-corrected chi connectivity index (χ1v) is 7.28. The number of halogens is 1. The maximum Gasteiger partial charge on any atom is 0.500 e. The number of hydrogen-bond donors (Lipinski definition) is 0. The number of carbonyl (C=O) groups is 2. The Bertz CT molecular complexity index is 744. The van der Waals surface area contributed by atoms with Gasteiger partial charge in [-0.1, -0.05) is 12.1 Å². The number of hydrogen-bond acceptors (Lipinski definition) is 5. The molecule has 0 saturated carbocycles. The summed E-state index contributed by atoms with van der Waals surface area (Å²) in [5, 5.41) is -1.72. The molecule has 21 heavy (non-hydrogen) atoms. The first-order valence-electron chi connectivity index (χ1n) is 5.81. The molecular formula is C12H12FN2O5S+. The van der Waals surface area contributed by atoms with Crippen LogP contribution in [0.4, 0.5) is 9.18 Å². The smallest absolute Gasteiger partial charge is 0.378 e. The van der Waals surface area contributed by atoms with Crippen LogP contribution in [0.3, 0.4) is 0 Å². The quantitative estimate of drug-likeness (QED) is 0.588. The zero-order valence-electron chi connectivity index (χ0n) is 11.2. The van der Waals surface area contributed by atoms with E-state index in [0.717, 1.165) is 30.0 Å². The normalized spacial score (nSPS) is 19.5. The predicted octanol–water partition coefficient (Wildman–Crippen LogP) is 0.208. The monoisotopic (exact) mass is 315 g/mol. The molecule has 1 aliphatic rings. The highest BCUT2D eigenvalue weighted by Gasteiger charge is 2.47. The van der Waals surface area contributed by atoms with Crippen molar-refractivity contribution >= 4 is 28.3 Å². The molecule has 7 nitrogen and oxygen atoms in total. The highest BCUT2D eigenvalue weighted by atomic mass is 32.2. The lowest BCUT2D eigenvalue weighted by atomic mass is 10.3. The highest BCUT2D eigenvalue weighted by Crippen LogP contribution is 2.20. The van der Waals surface area contributed by atoms with Gasteiger partial charge in [0, 0.05) is 0 Å². The van der Waals surface area contributed by atoms with E-state index >= 15 is 0 Å². The number of carbonyl (C=O) groups excluding carboxylic acids is 2. The Morgan fingerprint density at radius 2 is 1.90 bits per heavy atom. The van der Waals surface area contributed by atoms with Crippen LogP contribution in [0.1, 0.15) is 0 Å². The molecule has 0 aromatic heterocycles. The molecule has 1 aliphatic heterocycles. The molecule has 3 amide bonds. The molecule has 0 fully saturated rings. The van der Waals surface area contributed by atoms with Crippen LogP contribution in [-0.4, -0.2) is 55.4 Å². The lowest BCUT2D eigenvalue weighted by Gasteiger charge is -2.19. The van der Waals surface area contributed by atoms with Gasteiger partial charge in [0.05, 0.1) is 14.1 Å². The zero-order chi connectivity index (χ0) is 15.8. The number of rotatable bonds is 3. The third kappa shape index (κ3) is 2.77. The van der Waals surface area contributed by atoms with Crippen LogP contribution in [0.25, 0.3) is 0 Å². The Hall–Kier alpha value is -2.29. The van der Waals surface area contributed by atoms with Gasteiger partial charge in [-0.3, -0.25) is 0 Å². The SMILES string of the molecule is CN1C(=O)C(S(=O)(=O)Oc2ccccc2F)C=[N+](C)C1=O.